The molecule has 2 aromatic heterocycles. The first kappa shape index (κ1) is 24.1. The maximum absolute atomic E-state index is 10.4. The van der Waals surface area contributed by atoms with Crippen molar-refractivity contribution in [1.29, 1.82) is 0 Å². The monoisotopic (exact) mass is 549 g/mol. The van der Waals surface area contributed by atoms with E-state index < -0.39 is 46.9 Å². The molecule has 9 nitrogen and oxygen atoms in total. The van der Waals surface area contributed by atoms with Gasteiger partial charge in [0.05, 0.1) is 0 Å². The molecule has 1 saturated heterocycles. The van der Waals surface area contributed by atoms with Crippen LogP contribution in [0, 0.1) is 6.92 Å². The van der Waals surface area contributed by atoms with Gasteiger partial charge in [-0.2, -0.15) is 0 Å². The summed E-state index contributed by atoms with van der Waals surface area (Å²) in [5, 5.41) is 30.1. The van der Waals surface area contributed by atoms with E-state index in [9.17, 15) is 15.3 Å². The summed E-state index contributed by atoms with van der Waals surface area (Å²) in [6.07, 6.45) is 0.621. The Kier molecular flexibility index (Phi) is 7.23. The summed E-state index contributed by atoms with van der Waals surface area (Å²) in [6, 6.07) is 8.27. The van der Waals surface area contributed by atoms with Crippen molar-refractivity contribution in [2.24, 2.45) is 0 Å². The van der Waals surface area contributed by atoms with Crippen LogP contribution in [0.15, 0.2) is 30.6 Å². The van der Waals surface area contributed by atoms with Crippen molar-refractivity contribution in [3.05, 3.63) is 47.0 Å². The number of hydrogen-bond acceptors (Lipinski definition) is 8. The third kappa shape index (κ3) is 4.63. The Morgan fingerprint density at radius 3 is 2.79 bits per heavy atom. The maximum atomic E-state index is 10.4. The van der Waals surface area contributed by atoms with Crippen LogP contribution < -0.4 is 4.48 Å². The van der Waals surface area contributed by atoms with E-state index in [1.807, 2.05) is 12.1 Å². The van der Waals surface area contributed by atoms with Gasteiger partial charge in [0.15, 0.2) is 0 Å². The van der Waals surface area contributed by atoms with Crippen molar-refractivity contribution in [3.63, 3.8) is 0 Å². The van der Waals surface area contributed by atoms with Crippen LogP contribution in [0.25, 0.3) is 11.2 Å². The zero-order chi connectivity index (χ0) is 23.8. The molecule has 2 aliphatic rings. The average Bonchev–Trinajstić information content (AvgIpc) is 3.52. The van der Waals surface area contributed by atoms with Gasteiger partial charge in [0.1, 0.15) is 0 Å². The van der Waals surface area contributed by atoms with Crippen molar-refractivity contribution in [1.82, 2.24) is 19.5 Å². The minimum atomic E-state index is -1.23. The van der Waals surface area contributed by atoms with Gasteiger partial charge >= 0.3 is 209 Å². The number of fused-ring (bicyclic) bond motifs is 1. The molecule has 1 aliphatic carbocycles. The number of aryl methyl sites for hydroxylation is 1. The second-order valence-corrected chi connectivity index (χ2v) is 11.9. The standard InChI is InChI=1S/C23H27AsClN4O5/c1-12-5-2-3-6-13(12)10-33-15-8-4-7-14(15)24-20-17-21(28-23(25)27-20)29(11-26-17)22-19(32)18(31)16(9-30)34-22/h2-3,5-6,11,14-16,18-19,22,30-32H,4,7-10H2,1H3. The zero-order valence-electron chi connectivity index (χ0n) is 18.7. The molecule has 1 aromatic carbocycles. The molecule has 3 aromatic rings. The number of ether oxygens (including phenoxy) is 2. The molecule has 3 N–H and O–H groups in total. The predicted octanol–water partition coefficient (Wildman–Crippen LogP) is 1.29. The summed E-state index contributed by atoms with van der Waals surface area (Å²) in [5.41, 5.74) is 3.49. The van der Waals surface area contributed by atoms with E-state index in [2.05, 4.69) is 34.0 Å². The van der Waals surface area contributed by atoms with Crippen LogP contribution in [0.1, 0.15) is 36.6 Å². The fraction of sp³-hybridized carbons (Fsp3) is 0.522. The molecule has 1 aliphatic heterocycles. The first-order valence-electron chi connectivity index (χ1n) is 11.4. The molecule has 6 unspecified atom stereocenters. The van der Waals surface area contributed by atoms with Gasteiger partial charge < -0.3 is 0 Å². The third-order valence-electron chi connectivity index (χ3n) is 6.59. The summed E-state index contributed by atoms with van der Waals surface area (Å²) in [7, 11) is 0. The molecule has 181 valence electrons. The van der Waals surface area contributed by atoms with Gasteiger partial charge in [0, 0.05) is 0 Å². The summed E-state index contributed by atoms with van der Waals surface area (Å²) >= 11 is 5.88. The van der Waals surface area contributed by atoms with E-state index in [0.29, 0.717) is 22.5 Å². The molecule has 34 heavy (non-hydrogen) atoms. The van der Waals surface area contributed by atoms with E-state index in [4.69, 9.17) is 21.1 Å². The van der Waals surface area contributed by atoms with Crippen LogP contribution >= 0.6 is 11.6 Å². The second kappa shape index (κ2) is 10.2. The Balaban J connectivity index is 1.36. The van der Waals surface area contributed by atoms with Gasteiger partial charge in [-0.15, -0.1) is 0 Å². The van der Waals surface area contributed by atoms with Crippen molar-refractivity contribution >= 4 is 43.0 Å². The first-order chi connectivity index (χ1) is 16.5. The molecule has 0 bridgehead atoms. The summed E-state index contributed by atoms with van der Waals surface area (Å²) in [6.45, 7) is 2.28. The molecule has 2 fully saturated rings. The zero-order valence-corrected chi connectivity index (χ0v) is 21.3. The first-order valence-corrected chi connectivity index (χ1v) is 13.8. The molecule has 0 amide bonds. The van der Waals surface area contributed by atoms with E-state index >= 15 is 0 Å². The summed E-state index contributed by atoms with van der Waals surface area (Å²) in [4.78, 5) is 13.4. The van der Waals surface area contributed by atoms with Gasteiger partial charge in [-0.3, -0.25) is 0 Å². The Hall–Kier alpha value is -1.58. The Labute approximate surface area is 208 Å². The number of hydrogen-bond donors (Lipinski definition) is 3. The Morgan fingerprint density at radius 1 is 1.21 bits per heavy atom. The number of benzene rings is 1. The predicted molar refractivity (Wildman–Crippen MR) is 126 cm³/mol. The van der Waals surface area contributed by atoms with Gasteiger partial charge in [-0.05, 0) is 0 Å². The van der Waals surface area contributed by atoms with E-state index in [-0.39, 0.29) is 11.4 Å². The molecule has 11 heteroatoms. The topological polar surface area (TPSA) is 123 Å². The summed E-state index contributed by atoms with van der Waals surface area (Å²) in [5.74, 6) is 0. The number of aliphatic hydroxyl groups excluding tert-OH is 3. The average molecular weight is 550 g/mol. The van der Waals surface area contributed by atoms with Crippen molar-refractivity contribution in [2.45, 2.75) is 68.1 Å². The molecular weight excluding hydrogens is 523 g/mol. The van der Waals surface area contributed by atoms with Gasteiger partial charge in [0.25, 0.3) is 0 Å². The van der Waals surface area contributed by atoms with Crippen LogP contribution in [0.5, 0.6) is 0 Å². The number of halogens is 1. The van der Waals surface area contributed by atoms with Crippen LogP contribution in [-0.2, 0) is 16.1 Å². The molecular formula is C23H27AsClN4O5. The second-order valence-electron chi connectivity index (χ2n) is 8.77. The molecule has 5 rings (SSSR count). The van der Waals surface area contributed by atoms with E-state index in [1.54, 1.807) is 4.57 Å². The van der Waals surface area contributed by atoms with Gasteiger partial charge in [-0.25, -0.2) is 0 Å². The molecule has 1 radical (unpaired) electrons. The van der Waals surface area contributed by atoms with Crippen molar-refractivity contribution in [2.75, 3.05) is 6.61 Å². The molecule has 6 atom stereocenters. The SMILES string of the molecule is Cc1ccccc1COC1CCCC1[As]c1nc(Cl)nc2c1ncn2C1OC(CO)C(O)C1O. The van der Waals surface area contributed by atoms with Gasteiger partial charge in [0.2, 0.25) is 0 Å². The molecule has 3 heterocycles. The van der Waals surface area contributed by atoms with E-state index in [1.165, 1.54) is 17.5 Å². The van der Waals surface area contributed by atoms with Crippen molar-refractivity contribution < 1.29 is 24.8 Å². The number of rotatable bonds is 7. The normalized spacial score (nSPS) is 29.7. The molecule has 0 spiro atoms. The van der Waals surface area contributed by atoms with Crippen LogP contribution in [-0.4, -0.2) is 81.6 Å². The Bertz CT molecular complexity index is 1160. The number of nitrogens with zero attached hydrogens (tertiary/aromatic N) is 4. The fourth-order valence-corrected chi connectivity index (χ4v) is 7.99. The van der Waals surface area contributed by atoms with Crippen LogP contribution in [0.2, 0.25) is 9.99 Å². The number of aliphatic hydroxyl groups is 3. The van der Waals surface area contributed by atoms with Gasteiger partial charge in [-0.1, -0.05) is 0 Å². The van der Waals surface area contributed by atoms with Crippen LogP contribution in [0.4, 0.5) is 0 Å². The number of aromatic nitrogens is 4. The van der Waals surface area contributed by atoms with E-state index in [0.717, 1.165) is 23.7 Å². The minimum absolute atomic E-state index is 0.0988. The Morgan fingerprint density at radius 2 is 2.03 bits per heavy atom. The molecule has 1 saturated carbocycles. The quantitative estimate of drug-likeness (QED) is 0.298. The number of imidazole rings is 1. The third-order valence-corrected chi connectivity index (χ3v) is 9.86. The van der Waals surface area contributed by atoms with Crippen molar-refractivity contribution in [3.8, 4) is 0 Å². The van der Waals surface area contributed by atoms with Crippen LogP contribution in [0.3, 0.4) is 0 Å². The summed E-state index contributed by atoms with van der Waals surface area (Å²) < 4.78 is 14.7. The fourth-order valence-electron chi connectivity index (χ4n) is 4.64.